The van der Waals surface area contributed by atoms with Crippen molar-refractivity contribution < 1.29 is 22.7 Å². The number of fused-ring (bicyclic) bond motifs is 4. The van der Waals surface area contributed by atoms with Crippen molar-refractivity contribution in [2.45, 2.75) is 45.7 Å². The molecule has 0 radical (unpaired) electrons. The first-order chi connectivity index (χ1) is 17.7. The molecule has 0 unspecified atom stereocenters. The molecule has 2 aliphatic heterocycles. The van der Waals surface area contributed by atoms with E-state index in [4.69, 9.17) is 9.73 Å². The number of benzene rings is 2. The number of piperazine rings is 1. The molecule has 2 aromatic carbocycles. The van der Waals surface area contributed by atoms with Gasteiger partial charge in [-0.15, -0.1) is 0 Å². The average molecular weight is 514 g/mol. The Bertz CT molecular complexity index is 1440. The number of alkyl halides is 2. The van der Waals surface area contributed by atoms with Gasteiger partial charge in [-0.05, 0) is 19.9 Å². The molecule has 2 atom stereocenters. The summed E-state index contributed by atoms with van der Waals surface area (Å²) in [5.41, 5.74) is 1.62. The van der Waals surface area contributed by atoms with E-state index in [0.29, 0.717) is 37.6 Å². The maximum Gasteiger partial charge on any atom is 0.266 e. The van der Waals surface area contributed by atoms with Crippen LogP contribution in [-0.4, -0.2) is 52.6 Å². The largest absolute Gasteiger partial charge is 0.491 e. The molecule has 1 amide bonds. The third kappa shape index (κ3) is 4.53. The molecule has 0 N–H and O–H groups in total. The van der Waals surface area contributed by atoms with E-state index in [1.54, 1.807) is 13.8 Å². The van der Waals surface area contributed by atoms with Crippen molar-refractivity contribution in [3.63, 3.8) is 0 Å². The van der Waals surface area contributed by atoms with E-state index in [1.807, 2.05) is 35.6 Å². The maximum absolute atomic E-state index is 14.9. The number of nitrogens with zero attached hydrogens (tertiary/aromatic N) is 5. The molecule has 1 fully saturated rings. The van der Waals surface area contributed by atoms with Crippen LogP contribution in [0.1, 0.15) is 49.7 Å². The number of aromatic nitrogens is 2. The van der Waals surface area contributed by atoms with Crippen molar-refractivity contribution in [3.05, 3.63) is 58.6 Å². The van der Waals surface area contributed by atoms with Gasteiger partial charge in [0, 0.05) is 57.0 Å². The summed E-state index contributed by atoms with van der Waals surface area (Å²) in [6.45, 7) is 7.57. The number of carbonyl (C=O) groups is 1. The normalized spacial score (nSPS) is 18.9. The third-order valence-corrected chi connectivity index (χ3v) is 7.44. The summed E-state index contributed by atoms with van der Waals surface area (Å²) >= 11 is 0. The summed E-state index contributed by atoms with van der Waals surface area (Å²) in [6, 6.07) is 7.35. The maximum atomic E-state index is 14.9. The monoisotopic (exact) mass is 513 g/mol. The van der Waals surface area contributed by atoms with E-state index in [1.165, 1.54) is 12.1 Å². The molecule has 2 aliphatic rings. The van der Waals surface area contributed by atoms with Gasteiger partial charge in [0.15, 0.2) is 5.49 Å². The molecule has 1 saturated heterocycles. The van der Waals surface area contributed by atoms with Crippen molar-refractivity contribution in [2.24, 2.45) is 12.0 Å². The van der Waals surface area contributed by atoms with Crippen LogP contribution in [0.25, 0.3) is 10.9 Å². The fourth-order valence-corrected chi connectivity index (χ4v) is 5.24. The highest BCUT2D eigenvalue weighted by Crippen LogP contribution is 2.37. The molecule has 37 heavy (non-hydrogen) atoms. The van der Waals surface area contributed by atoms with Gasteiger partial charge in [-0.25, -0.2) is 18.2 Å². The Morgan fingerprint density at radius 2 is 1.97 bits per heavy atom. The number of amides is 1. The summed E-state index contributed by atoms with van der Waals surface area (Å²) in [7, 11) is 1.90. The van der Waals surface area contributed by atoms with Gasteiger partial charge < -0.3 is 19.1 Å². The Balaban J connectivity index is 1.65. The van der Waals surface area contributed by atoms with Gasteiger partial charge in [-0.3, -0.25) is 9.79 Å². The van der Waals surface area contributed by atoms with E-state index in [-0.39, 0.29) is 17.5 Å². The fraction of sp³-hybridized carbons (Fsp3) is 0.444. The zero-order valence-corrected chi connectivity index (χ0v) is 21.3. The van der Waals surface area contributed by atoms with Gasteiger partial charge in [0.05, 0.1) is 35.5 Å². The first-order valence-corrected chi connectivity index (χ1v) is 12.4. The Kier molecular flexibility index (Phi) is 6.59. The van der Waals surface area contributed by atoms with Crippen LogP contribution in [-0.2, 0) is 11.8 Å². The van der Waals surface area contributed by atoms with E-state index in [0.717, 1.165) is 34.8 Å². The Labute approximate surface area is 213 Å². The lowest BCUT2D eigenvalue weighted by Crippen LogP contribution is -2.54. The van der Waals surface area contributed by atoms with Crippen LogP contribution in [0.5, 0.6) is 5.75 Å². The molecule has 0 spiro atoms. The summed E-state index contributed by atoms with van der Waals surface area (Å²) in [4.78, 5) is 25.5. The second-order valence-electron chi connectivity index (χ2n) is 9.68. The SMILES string of the molecule is CC(=O)N1CCN2c3cc4/c(=N/[C@H](C)c5cccc(C(F)F)c5F)nc(C)n(C)c4cc3OCC[C@H]2C1. The Morgan fingerprint density at radius 1 is 1.22 bits per heavy atom. The molecule has 0 bridgehead atoms. The van der Waals surface area contributed by atoms with Crippen molar-refractivity contribution >= 4 is 22.5 Å². The number of anilines is 1. The van der Waals surface area contributed by atoms with Crippen LogP contribution in [0, 0.1) is 12.7 Å². The van der Waals surface area contributed by atoms with E-state index in [9.17, 15) is 18.0 Å². The third-order valence-electron chi connectivity index (χ3n) is 7.44. The zero-order valence-electron chi connectivity index (χ0n) is 21.3. The van der Waals surface area contributed by atoms with Gasteiger partial charge in [0.2, 0.25) is 5.91 Å². The molecule has 5 rings (SSSR count). The molecule has 10 heteroatoms. The standard InChI is InChI=1S/C27H30F3N5O2/c1-15(19-6-5-7-20(25(19)28)26(29)30)31-27-21-12-23-24(13-22(21)33(4)16(2)32-27)37-11-8-18-14-34(17(3)36)9-10-35(18)23/h5-7,12-13,15,18,26H,8-11,14H2,1-4H3/b31-27-/t15-,18+/m1/s1. The molecule has 1 aromatic heterocycles. The number of carbonyl (C=O) groups excluding carboxylic acids is 1. The molecule has 0 saturated carbocycles. The molecule has 3 aromatic rings. The quantitative estimate of drug-likeness (QED) is 0.520. The molecule has 7 nitrogen and oxygen atoms in total. The number of ether oxygens (including phenoxy) is 1. The van der Waals surface area contributed by atoms with Crippen molar-refractivity contribution in [2.75, 3.05) is 31.1 Å². The predicted molar refractivity (Wildman–Crippen MR) is 134 cm³/mol. The number of rotatable bonds is 3. The molecule has 196 valence electrons. The van der Waals surface area contributed by atoms with Gasteiger partial charge in [-0.2, -0.15) is 0 Å². The van der Waals surface area contributed by atoms with Crippen LogP contribution < -0.4 is 15.1 Å². The topological polar surface area (TPSA) is 63.0 Å². The van der Waals surface area contributed by atoms with Crippen molar-refractivity contribution in [1.29, 1.82) is 0 Å². The second kappa shape index (κ2) is 9.72. The van der Waals surface area contributed by atoms with Crippen molar-refractivity contribution in [3.8, 4) is 5.75 Å². The Morgan fingerprint density at radius 3 is 2.70 bits per heavy atom. The van der Waals surface area contributed by atoms with Crippen molar-refractivity contribution in [1.82, 2.24) is 14.5 Å². The average Bonchev–Trinajstić information content (AvgIpc) is 3.04. The van der Waals surface area contributed by atoms with Gasteiger partial charge in [-0.1, -0.05) is 18.2 Å². The summed E-state index contributed by atoms with van der Waals surface area (Å²) in [6.07, 6.45) is -2.12. The lowest BCUT2D eigenvalue weighted by molar-refractivity contribution is -0.129. The molecular weight excluding hydrogens is 483 g/mol. The molecule has 3 heterocycles. The van der Waals surface area contributed by atoms with Crippen LogP contribution in [0.4, 0.5) is 18.9 Å². The van der Waals surface area contributed by atoms with Crippen LogP contribution >= 0.6 is 0 Å². The van der Waals surface area contributed by atoms with E-state index in [2.05, 4.69) is 9.88 Å². The van der Waals surface area contributed by atoms with Gasteiger partial charge in [0.1, 0.15) is 17.4 Å². The Hall–Kier alpha value is -3.56. The molecular formula is C27H30F3N5O2. The lowest BCUT2D eigenvalue weighted by atomic mass is 10.0. The van der Waals surface area contributed by atoms with E-state index < -0.39 is 23.8 Å². The summed E-state index contributed by atoms with van der Waals surface area (Å²) in [5.74, 6) is 0.571. The number of aryl methyl sites for hydroxylation is 2. The zero-order chi connectivity index (χ0) is 26.4. The molecule has 0 aliphatic carbocycles. The first-order valence-electron chi connectivity index (χ1n) is 12.4. The van der Waals surface area contributed by atoms with Gasteiger partial charge in [0.25, 0.3) is 6.43 Å². The van der Waals surface area contributed by atoms with Crippen LogP contribution in [0.2, 0.25) is 0 Å². The second-order valence-corrected chi connectivity index (χ2v) is 9.68. The predicted octanol–water partition coefficient (Wildman–Crippen LogP) is 4.44. The first kappa shape index (κ1) is 25.1. The smallest absolute Gasteiger partial charge is 0.266 e. The summed E-state index contributed by atoms with van der Waals surface area (Å²) < 4.78 is 49.5. The van der Waals surface area contributed by atoms with E-state index >= 15 is 0 Å². The van der Waals surface area contributed by atoms with Crippen LogP contribution in [0.3, 0.4) is 0 Å². The highest BCUT2D eigenvalue weighted by Gasteiger charge is 2.32. The van der Waals surface area contributed by atoms with Crippen LogP contribution in [0.15, 0.2) is 35.3 Å². The summed E-state index contributed by atoms with van der Waals surface area (Å²) in [5, 5.41) is 0.752. The minimum absolute atomic E-state index is 0.0634. The number of halogens is 3. The van der Waals surface area contributed by atoms with Gasteiger partial charge >= 0.3 is 0 Å². The number of hydrogen-bond acceptors (Lipinski definition) is 5. The minimum Gasteiger partial charge on any atom is -0.491 e. The minimum atomic E-state index is -2.91. The fourth-order valence-electron chi connectivity index (χ4n) is 5.24. The number of hydrogen-bond donors (Lipinski definition) is 0. The highest BCUT2D eigenvalue weighted by molar-refractivity contribution is 5.86. The lowest BCUT2D eigenvalue weighted by Gasteiger charge is -2.41. The highest BCUT2D eigenvalue weighted by atomic mass is 19.3.